The van der Waals surface area contributed by atoms with Gasteiger partial charge < -0.3 is 5.11 Å². The third kappa shape index (κ3) is 5.19. The van der Waals surface area contributed by atoms with Gasteiger partial charge in [-0.3, -0.25) is 9.59 Å². The van der Waals surface area contributed by atoms with Crippen molar-refractivity contribution in [3.05, 3.63) is 71.0 Å². The summed E-state index contributed by atoms with van der Waals surface area (Å²) in [5.41, 5.74) is -1.11. The third-order valence-electron chi connectivity index (χ3n) is 3.25. The van der Waals surface area contributed by atoms with Crippen LogP contribution in [0.25, 0.3) is 6.08 Å². The lowest BCUT2D eigenvalue weighted by Gasteiger charge is -2.09. The minimum atomic E-state index is -4.56. The Balaban J connectivity index is 2.19. The number of rotatable bonds is 6. The van der Waals surface area contributed by atoms with Gasteiger partial charge in [0.2, 0.25) is 0 Å². The quantitative estimate of drug-likeness (QED) is 0.333. The second-order valence-electron chi connectivity index (χ2n) is 5.11. The molecule has 0 saturated carbocycles. The molecular formula is C18H12F4O3S. The number of aliphatic carboxylic acids is 1. The Morgan fingerprint density at radius 1 is 1.12 bits per heavy atom. The van der Waals surface area contributed by atoms with Crippen molar-refractivity contribution in [2.75, 3.05) is 5.75 Å². The maximum absolute atomic E-state index is 13.9. The van der Waals surface area contributed by atoms with Gasteiger partial charge in [0.1, 0.15) is 5.82 Å². The van der Waals surface area contributed by atoms with E-state index < -0.39 is 29.3 Å². The van der Waals surface area contributed by atoms with Gasteiger partial charge in [0, 0.05) is 10.5 Å². The Morgan fingerprint density at radius 2 is 1.81 bits per heavy atom. The summed E-state index contributed by atoms with van der Waals surface area (Å²) in [6.07, 6.45) is -2.60. The van der Waals surface area contributed by atoms with E-state index in [0.717, 1.165) is 36.0 Å². The van der Waals surface area contributed by atoms with Gasteiger partial charge in [0.25, 0.3) is 0 Å². The molecule has 0 fully saturated rings. The molecule has 0 heterocycles. The average molecular weight is 384 g/mol. The van der Waals surface area contributed by atoms with Crippen LogP contribution in [0.3, 0.4) is 0 Å². The number of halogens is 4. The van der Waals surface area contributed by atoms with Gasteiger partial charge >= 0.3 is 12.1 Å². The molecule has 0 unspecified atom stereocenters. The molecule has 0 aliphatic heterocycles. The largest absolute Gasteiger partial charge is 0.481 e. The summed E-state index contributed by atoms with van der Waals surface area (Å²) in [6, 6.07) is 8.24. The first-order valence-electron chi connectivity index (χ1n) is 7.21. The molecular weight excluding hydrogens is 372 g/mol. The van der Waals surface area contributed by atoms with Gasteiger partial charge in [-0.2, -0.15) is 13.2 Å². The number of thioether (sulfide) groups is 1. The number of carbonyl (C=O) groups excluding carboxylic acids is 1. The van der Waals surface area contributed by atoms with Crippen LogP contribution in [-0.2, 0) is 11.0 Å². The molecule has 26 heavy (non-hydrogen) atoms. The molecule has 0 bridgehead atoms. The number of carbonyl (C=O) groups is 2. The zero-order chi connectivity index (χ0) is 19.3. The molecule has 0 aliphatic rings. The van der Waals surface area contributed by atoms with Crippen molar-refractivity contribution in [2.45, 2.75) is 11.1 Å². The van der Waals surface area contributed by atoms with Crippen LogP contribution < -0.4 is 0 Å². The Hall–Kier alpha value is -2.61. The molecule has 0 atom stereocenters. The topological polar surface area (TPSA) is 54.4 Å². The number of allylic oxidation sites excluding steroid dienone is 1. The fraction of sp³-hybridized carbons (Fsp3) is 0.111. The molecule has 8 heteroatoms. The van der Waals surface area contributed by atoms with Crippen molar-refractivity contribution < 1.29 is 32.3 Å². The van der Waals surface area contributed by atoms with E-state index in [1.807, 2.05) is 0 Å². The Labute approximate surface area is 150 Å². The molecule has 0 aliphatic carbocycles. The summed E-state index contributed by atoms with van der Waals surface area (Å²) in [4.78, 5) is 22.6. The van der Waals surface area contributed by atoms with Crippen LogP contribution in [-0.4, -0.2) is 22.6 Å². The summed E-state index contributed by atoms with van der Waals surface area (Å²) in [7, 11) is 0. The second kappa shape index (κ2) is 8.18. The van der Waals surface area contributed by atoms with Gasteiger partial charge in [0.15, 0.2) is 5.78 Å². The number of benzene rings is 2. The van der Waals surface area contributed by atoms with Crippen molar-refractivity contribution in [1.82, 2.24) is 0 Å². The van der Waals surface area contributed by atoms with E-state index >= 15 is 0 Å². The fourth-order valence-electron chi connectivity index (χ4n) is 2.07. The highest BCUT2D eigenvalue weighted by molar-refractivity contribution is 8.00. The summed E-state index contributed by atoms with van der Waals surface area (Å²) in [6.45, 7) is 0. The number of carboxylic acid groups (broad SMARTS) is 1. The number of hydrogen-bond donors (Lipinski definition) is 1. The Kier molecular flexibility index (Phi) is 6.20. The third-order valence-corrected chi connectivity index (χ3v) is 4.28. The van der Waals surface area contributed by atoms with Crippen molar-refractivity contribution >= 4 is 29.6 Å². The molecule has 2 aromatic rings. The Bertz CT molecular complexity index is 860. The van der Waals surface area contributed by atoms with Crippen LogP contribution in [0.5, 0.6) is 0 Å². The van der Waals surface area contributed by atoms with Crippen LogP contribution in [0.15, 0.2) is 53.4 Å². The van der Waals surface area contributed by atoms with Crippen LogP contribution >= 0.6 is 11.8 Å². The SMILES string of the molecule is O=C(O)CSc1ccc(C(=O)/C=C/c2ccccc2C(F)(F)F)cc1F. The van der Waals surface area contributed by atoms with Crippen molar-refractivity contribution in [1.29, 1.82) is 0 Å². The van der Waals surface area contributed by atoms with E-state index in [4.69, 9.17) is 5.11 Å². The van der Waals surface area contributed by atoms with E-state index in [9.17, 15) is 27.2 Å². The minimum absolute atomic E-state index is 0.0529. The van der Waals surface area contributed by atoms with Crippen LogP contribution in [0.4, 0.5) is 17.6 Å². The number of ketones is 1. The first kappa shape index (κ1) is 19.7. The zero-order valence-corrected chi connectivity index (χ0v) is 13.9. The molecule has 1 N–H and O–H groups in total. The lowest BCUT2D eigenvalue weighted by atomic mass is 10.0. The van der Waals surface area contributed by atoms with Gasteiger partial charge in [0.05, 0.1) is 11.3 Å². The maximum atomic E-state index is 13.9. The van der Waals surface area contributed by atoms with E-state index in [1.165, 1.54) is 30.3 Å². The van der Waals surface area contributed by atoms with Crippen LogP contribution in [0.2, 0.25) is 0 Å². The predicted octanol–water partition coefficient (Wildman–Crippen LogP) is 4.92. The minimum Gasteiger partial charge on any atom is -0.481 e. The summed E-state index contributed by atoms with van der Waals surface area (Å²) in [5.74, 6) is -2.89. The monoisotopic (exact) mass is 384 g/mol. The number of alkyl halides is 3. The lowest BCUT2D eigenvalue weighted by Crippen LogP contribution is -2.07. The Morgan fingerprint density at radius 3 is 2.42 bits per heavy atom. The summed E-state index contributed by atoms with van der Waals surface area (Å²) >= 11 is 0.762. The van der Waals surface area contributed by atoms with E-state index in [-0.39, 0.29) is 21.8 Å². The van der Waals surface area contributed by atoms with Crippen LogP contribution in [0.1, 0.15) is 21.5 Å². The molecule has 136 valence electrons. The highest BCUT2D eigenvalue weighted by Gasteiger charge is 2.32. The molecule has 3 nitrogen and oxygen atoms in total. The standard InChI is InChI=1S/C18H12F4O3S/c19-14-9-12(6-8-16(14)26-10-17(24)25)15(23)7-5-11-3-1-2-4-13(11)18(20,21)22/h1-9H,10H2,(H,24,25)/b7-5+. The summed E-state index contributed by atoms with van der Waals surface area (Å²) < 4.78 is 52.6. The first-order chi connectivity index (χ1) is 12.2. The smallest absolute Gasteiger partial charge is 0.416 e. The normalized spacial score (nSPS) is 11.7. The van der Waals surface area contributed by atoms with E-state index in [0.29, 0.717) is 0 Å². The zero-order valence-electron chi connectivity index (χ0n) is 13.1. The number of carboxylic acids is 1. The molecule has 2 rings (SSSR count). The van der Waals surface area contributed by atoms with Gasteiger partial charge in [-0.25, -0.2) is 4.39 Å². The van der Waals surface area contributed by atoms with Crippen molar-refractivity contribution in [3.63, 3.8) is 0 Å². The molecule has 0 amide bonds. The highest BCUT2D eigenvalue weighted by Crippen LogP contribution is 2.32. The van der Waals surface area contributed by atoms with Gasteiger partial charge in [-0.1, -0.05) is 24.3 Å². The average Bonchev–Trinajstić information content (AvgIpc) is 2.57. The molecule has 0 spiro atoms. The van der Waals surface area contributed by atoms with Crippen molar-refractivity contribution in [3.8, 4) is 0 Å². The molecule has 0 saturated heterocycles. The predicted molar refractivity (Wildman–Crippen MR) is 89.6 cm³/mol. The lowest BCUT2D eigenvalue weighted by molar-refractivity contribution is -0.137. The van der Waals surface area contributed by atoms with E-state index in [2.05, 4.69) is 0 Å². The van der Waals surface area contributed by atoms with Gasteiger partial charge in [-0.15, -0.1) is 11.8 Å². The fourth-order valence-corrected chi connectivity index (χ4v) is 2.71. The number of hydrogen-bond acceptors (Lipinski definition) is 3. The highest BCUT2D eigenvalue weighted by atomic mass is 32.2. The first-order valence-corrected chi connectivity index (χ1v) is 8.20. The maximum Gasteiger partial charge on any atom is 0.416 e. The molecule has 0 aromatic heterocycles. The van der Waals surface area contributed by atoms with Gasteiger partial charge in [-0.05, 0) is 35.9 Å². The molecule has 2 aromatic carbocycles. The summed E-state index contributed by atoms with van der Waals surface area (Å²) in [5, 5.41) is 8.58. The van der Waals surface area contributed by atoms with Crippen LogP contribution in [0, 0.1) is 5.82 Å². The second-order valence-corrected chi connectivity index (χ2v) is 6.13. The molecule has 0 radical (unpaired) electrons. The van der Waals surface area contributed by atoms with E-state index in [1.54, 1.807) is 0 Å². The van der Waals surface area contributed by atoms with Crippen molar-refractivity contribution in [2.24, 2.45) is 0 Å².